The number of fused-ring (bicyclic) bond motifs is 2. The first-order chi connectivity index (χ1) is 14.6. The number of furan rings is 1. The zero-order chi connectivity index (χ0) is 21.1. The molecule has 4 aromatic rings. The van der Waals surface area contributed by atoms with Gasteiger partial charge in [0.25, 0.3) is 11.5 Å². The lowest BCUT2D eigenvalue weighted by molar-refractivity contribution is 0.0949. The fraction of sp³-hybridized carbons (Fsp3) is 0.217. The molecule has 2 aromatic heterocycles. The number of benzene rings is 2. The molecule has 0 aliphatic carbocycles. The van der Waals surface area contributed by atoms with Crippen molar-refractivity contribution in [1.29, 1.82) is 0 Å². The third-order valence-corrected chi connectivity index (χ3v) is 4.91. The molecule has 7 nitrogen and oxygen atoms in total. The van der Waals surface area contributed by atoms with Crippen LogP contribution < -0.4 is 11.0 Å². The Labute approximate surface area is 173 Å². The molecule has 0 aliphatic rings. The maximum atomic E-state index is 12.8. The number of hydrogen-bond donors (Lipinski definition) is 1. The first-order valence-corrected chi connectivity index (χ1v) is 9.97. The van der Waals surface area contributed by atoms with Gasteiger partial charge in [-0.1, -0.05) is 50.2 Å². The van der Waals surface area contributed by atoms with Crippen molar-refractivity contribution in [3.63, 3.8) is 0 Å². The van der Waals surface area contributed by atoms with E-state index < -0.39 is 5.91 Å². The average molecular weight is 402 g/mol. The molecule has 0 radical (unpaired) electrons. The fourth-order valence-corrected chi connectivity index (χ4v) is 3.49. The summed E-state index contributed by atoms with van der Waals surface area (Å²) in [5.74, 6) is 0.326. The van der Waals surface area contributed by atoms with Gasteiger partial charge < -0.3 is 4.42 Å². The molecule has 1 N–H and O–H groups in total. The van der Waals surface area contributed by atoms with Crippen molar-refractivity contribution in [3.8, 4) is 0 Å². The van der Waals surface area contributed by atoms with Crippen LogP contribution >= 0.6 is 0 Å². The van der Waals surface area contributed by atoms with Crippen molar-refractivity contribution >= 4 is 33.9 Å². The highest BCUT2D eigenvalue weighted by atomic mass is 16.3. The molecular formula is C23H22N4O3. The summed E-state index contributed by atoms with van der Waals surface area (Å²) in [5, 5.41) is 10.3. The van der Waals surface area contributed by atoms with Crippen LogP contribution in [0.4, 0.5) is 0 Å². The standard InChI is InChI=1S/C23H22N4O3/c1-3-13-27-23(29)17-11-6-5-10-16(17)21(26-27)22(28)25-24-14-18-15-9-7-8-12-20(15)30-19(18)4-2/h5-12,14H,3-4,13H2,1-2H3,(H,25,28)/b24-14-. The van der Waals surface area contributed by atoms with E-state index in [4.69, 9.17) is 4.42 Å². The lowest BCUT2D eigenvalue weighted by Gasteiger charge is -2.09. The highest BCUT2D eigenvalue weighted by molar-refractivity contribution is 6.05. The van der Waals surface area contributed by atoms with Crippen molar-refractivity contribution in [2.24, 2.45) is 5.10 Å². The normalized spacial score (nSPS) is 11.5. The molecule has 30 heavy (non-hydrogen) atoms. The van der Waals surface area contributed by atoms with Gasteiger partial charge in [-0.2, -0.15) is 10.2 Å². The molecule has 0 fully saturated rings. The Bertz CT molecular complexity index is 1320. The van der Waals surface area contributed by atoms with E-state index in [0.717, 1.165) is 28.7 Å². The van der Waals surface area contributed by atoms with Gasteiger partial charge in [-0.05, 0) is 18.6 Å². The first-order valence-electron chi connectivity index (χ1n) is 9.97. The number of hydrazone groups is 1. The van der Waals surface area contributed by atoms with Crippen LogP contribution in [0.2, 0.25) is 0 Å². The van der Waals surface area contributed by atoms with Gasteiger partial charge in [0.15, 0.2) is 5.69 Å². The summed E-state index contributed by atoms with van der Waals surface area (Å²) >= 11 is 0. The molecule has 0 atom stereocenters. The summed E-state index contributed by atoms with van der Waals surface area (Å²) in [7, 11) is 0. The molecule has 0 saturated heterocycles. The molecule has 1 amide bonds. The summed E-state index contributed by atoms with van der Waals surface area (Å²) in [5.41, 5.74) is 4.13. The number of rotatable bonds is 6. The monoisotopic (exact) mass is 402 g/mol. The number of aromatic nitrogens is 2. The van der Waals surface area contributed by atoms with E-state index in [1.807, 2.05) is 38.1 Å². The number of hydrogen-bond acceptors (Lipinski definition) is 5. The molecule has 0 saturated carbocycles. The molecule has 7 heteroatoms. The third kappa shape index (κ3) is 3.50. The van der Waals surface area contributed by atoms with Crippen LogP contribution in [-0.2, 0) is 13.0 Å². The smallest absolute Gasteiger partial charge is 0.292 e. The minimum Gasteiger partial charge on any atom is -0.460 e. The summed E-state index contributed by atoms with van der Waals surface area (Å²) < 4.78 is 7.18. The highest BCUT2D eigenvalue weighted by Gasteiger charge is 2.16. The molecule has 2 heterocycles. The lowest BCUT2D eigenvalue weighted by Crippen LogP contribution is -2.29. The predicted molar refractivity (Wildman–Crippen MR) is 117 cm³/mol. The molecule has 152 valence electrons. The minimum atomic E-state index is -0.474. The van der Waals surface area contributed by atoms with E-state index >= 15 is 0 Å². The Hall–Kier alpha value is -3.74. The zero-order valence-electron chi connectivity index (χ0n) is 16.9. The molecule has 2 aromatic carbocycles. The SMILES string of the molecule is CCCn1nc(C(=O)N/N=C\c2c(CC)oc3ccccc23)c2ccccc2c1=O. The van der Waals surface area contributed by atoms with Gasteiger partial charge in [-0.25, -0.2) is 10.1 Å². The van der Waals surface area contributed by atoms with Gasteiger partial charge in [-0.3, -0.25) is 9.59 Å². The summed E-state index contributed by atoms with van der Waals surface area (Å²) in [6.45, 7) is 4.39. The molecule has 0 aliphatic heterocycles. The van der Waals surface area contributed by atoms with Gasteiger partial charge in [0.1, 0.15) is 11.3 Å². The second kappa shape index (κ2) is 8.32. The number of aryl methyl sites for hydroxylation is 2. The molecular weight excluding hydrogens is 380 g/mol. The van der Waals surface area contributed by atoms with Crippen LogP contribution in [0.15, 0.2) is 62.8 Å². The van der Waals surface area contributed by atoms with Crippen molar-refractivity contribution in [2.45, 2.75) is 33.2 Å². The Morgan fingerprint density at radius 2 is 1.80 bits per heavy atom. The molecule has 0 bridgehead atoms. The Balaban J connectivity index is 1.68. The van der Waals surface area contributed by atoms with Crippen LogP contribution in [0.3, 0.4) is 0 Å². The topological polar surface area (TPSA) is 89.5 Å². The molecule has 4 rings (SSSR count). The largest absolute Gasteiger partial charge is 0.460 e. The minimum absolute atomic E-state index is 0.170. The number of para-hydroxylation sites is 1. The number of carbonyl (C=O) groups excluding carboxylic acids is 1. The van der Waals surface area contributed by atoms with Crippen LogP contribution in [0, 0.1) is 0 Å². The summed E-state index contributed by atoms with van der Waals surface area (Å²) in [4.78, 5) is 25.4. The Morgan fingerprint density at radius 1 is 1.10 bits per heavy atom. The van der Waals surface area contributed by atoms with Gasteiger partial charge >= 0.3 is 0 Å². The zero-order valence-corrected chi connectivity index (χ0v) is 16.9. The number of amides is 1. The van der Waals surface area contributed by atoms with Crippen molar-refractivity contribution in [3.05, 3.63) is 75.9 Å². The number of nitrogens with zero attached hydrogens (tertiary/aromatic N) is 3. The van der Waals surface area contributed by atoms with Crippen LogP contribution in [0.5, 0.6) is 0 Å². The van der Waals surface area contributed by atoms with Crippen LogP contribution in [0.1, 0.15) is 42.1 Å². The number of carbonyl (C=O) groups is 1. The first kappa shape index (κ1) is 19.6. The second-order valence-corrected chi connectivity index (χ2v) is 6.91. The second-order valence-electron chi connectivity index (χ2n) is 6.91. The maximum absolute atomic E-state index is 12.8. The molecule has 0 unspecified atom stereocenters. The molecule has 0 spiro atoms. The van der Waals surface area contributed by atoms with Crippen molar-refractivity contribution < 1.29 is 9.21 Å². The van der Waals surface area contributed by atoms with E-state index in [2.05, 4.69) is 15.6 Å². The summed E-state index contributed by atoms with van der Waals surface area (Å²) in [6, 6.07) is 14.7. The fourth-order valence-electron chi connectivity index (χ4n) is 3.49. The van der Waals surface area contributed by atoms with Crippen LogP contribution in [0.25, 0.3) is 21.7 Å². The van der Waals surface area contributed by atoms with E-state index in [1.165, 1.54) is 4.68 Å². The average Bonchev–Trinajstić information content (AvgIpc) is 3.13. The van der Waals surface area contributed by atoms with Crippen LogP contribution in [-0.4, -0.2) is 21.9 Å². The highest BCUT2D eigenvalue weighted by Crippen LogP contribution is 2.24. The summed E-state index contributed by atoms with van der Waals surface area (Å²) in [6.07, 6.45) is 3.03. The van der Waals surface area contributed by atoms with Crippen molar-refractivity contribution in [1.82, 2.24) is 15.2 Å². The Morgan fingerprint density at radius 3 is 2.53 bits per heavy atom. The van der Waals surface area contributed by atoms with Gasteiger partial charge in [0, 0.05) is 29.3 Å². The van der Waals surface area contributed by atoms with E-state index in [9.17, 15) is 9.59 Å². The van der Waals surface area contributed by atoms with Crippen molar-refractivity contribution in [2.75, 3.05) is 0 Å². The van der Waals surface area contributed by atoms with Gasteiger partial charge in [0.05, 0.1) is 11.6 Å². The van der Waals surface area contributed by atoms with E-state index in [0.29, 0.717) is 23.7 Å². The number of nitrogens with one attached hydrogen (secondary N) is 1. The van der Waals surface area contributed by atoms with E-state index in [1.54, 1.807) is 30.5 Å². The predicted octanol–water partition coefficient (Wildman–Crippen LogP) is 3.88. The quantitative estimate of drug-likeness (QED) is 0.391. The van der Waals surface area contributed by atoms with E-state index in [-0.39, 0.29) is 11.3 Å². The van der Waals surface area contributed by atoms with Gasteiger partial charge in [-0.15, -0.1) is 0 Å². The van der Waals surface area contributed by atoms with Gasteiger partial charge in [0.2, 0.25) is 0 Å². The maximum Gasteiger partial charge on any atom is 0.292 e. The third-order valence-electron chi connectivity index (χ3n) is 4.91. The lowest BCUT2D eigenvalue weighted by atomic mass is 10.1. The Kier molecular flexibility index (Phi) is 5.43.